The van der Waals surface area contributed by atoms with Crippen molar-refractivity contribution in [3.8, 4) is 0 Å². The van der Waals surface area contributed by atoms with Gasteiger partial charge in [0.05, 0.1) is 0 Å². The first-order chi connectivity index (χ1) is 14.3. The number of hydrogen-bond acceptors (Lipinski definition) is 1. The predicted molar refractivity (Wildman–Crippen MR) is 123 cm³/mol. The van der Waals surface area contributed by atoms with Crippen molar-refractivity contribution in [2.24, 2.45) is 0 Å². The van der Waals surface area contributed by atoms with Gasteiger partial charge in [-0.05, 0) is 59.2 Å². The lowest BCUT2D eigenvalue weighted by Gasteiger charge is -2.29. The van der Waals surface area contributed by atoms with E-state index < -0.39 is 6.97 Å². The van der Waals surface area contributed by atoms with Gasteiger partial charge in [0, 0.05) is 49.4 Å². The minimum atomic E-state index is -3.92. The molecule has 3 heterocycles. The first kappa shape index (κ1) is 18.6. The third-order valence-electron chi connectivity index (χ3n) is 5.86. The minimum Gasteiger partial charge on any atom is -0.390 e. The predicted octanol–water partition coefficient (Wildman–Crippen LogP) is 5.42. The number of aromatic nitrogens is 1. The summed E-state index contributed by atoms with van der Waals surface area (Å²) < 4.78 is 32.8. The second-order valence-electron chi connectivity index (χ2n) is 8.10. The Morgan fingerprint density at radius 3 is 2.57 bits per heavy atom. The van der Waals surface area contributed by atoms with Gasteiger partial charge in [0.25, 0.3) is 0 Å². The number of hydrogen-bond donors (Lipinski definition) is 0. The average Bonchev–Trinajstić information content (AvgIpc) is 3.32. The van der Waals surface area contributed by atoms with Gasteiger partial charge in [0.1, 0.15) is 6.21 Å². The molecule has 0 bridgehead atoms. The van der Waals surface area contributed by atoms with Gasteiger partial charge < -0.3 is 22.5 Å². The van der Waals surface area contributed by atoms with Crippen LogP contribution in [0, 0.1) is 6.92 Å². The Balaban J connectivity index is 1.53. The quantitative estimate of drug-likeness (QED) is 0.534. The fourth-order valence-corrected chi connectivity index (χ4v) is 4.24. The highest BCUT2D eigenvalue weighted by Gasteiger charge is 2.50. The second kappa shape index (κ2) is 6.56. The van der Waals surface area contributed by atoms with E-state index in [-0.39, 0.29) is 0 Å². The number of halogens is 2. The topological polar surface area (TPSA) is 11.2 Å². The fraction of sp³-hybridized carbons (Fsp3) is 0.125. The van der Waals surface area contributed by atoms with E-state index in [1.54, 1.807) is 18.2 Å². The molecule has 0 spiro atoms. The van der Waals surface area contributed by atoms with Crippen molar-refractivity contribution in [2.45, 2.75) is 6.92 Å². The van der Waals surface area contributed by atoms with Crippen LogP contribution in [-0.4, -0.2) is 36.2 Å². The zero-order valence-electron chi connectivity index (χ0n) is 17.2. The summed E-state index contributed by atoms with van der Waals surface area (Å²) in [7, 11) is 4.04. The summed E-state index contributed by atoms with van der Waals surface area (Å²) in [5.74, 6) is 0. The fourth-order valence-electron chi connectivity index (χ4n) is 4.24. The Morgan fingerprint density at radius 2 is 1.77 bits per heavy atom. The first-order valence-electron chi connectivity index (χ1n) is 10.00. The summed E-state index contributed by atoms with van der Waals surface area (Å²) in [6.07, 6.45) is 10.3. The van der Waals surface area contributed by atoms with E-state index in [0.717, 1.165) is 32.1 Å². The number of benzene rings is 2. The average molecular weight is 401 g/mol. The number of aryl methyl sites for hydroxylation is 1. The SMILES string of the molecule is Cc1cc(/C=C/c2ccc3cc(N(C)C)ccc3c2)n2c1C=C1C=CC=[N+]1[B-]2(F)F. The molecule has 0 fully saturated rings. The van der Waals surface area contributed by atoms with Crippen molar-refractivity contribution < 1.29 is 13.1 Å². The highest BCUT2D eigenvalue weighted by molar-refractivity contribution is 6.58. The molecule has 2 aromatic carbocycles. The summed E-state index contributed by atoms with van der Waals surface area (Å²) in [6.45, 7) is -2.04. The molecule has 150 valence electrons. The van der Waals surface area contributed by atoms with Crippen LogP contribution in [0.1, 0.15) is 22.5 Å². The van der Waals surface area contributed by atoms with Gasteiger partial charge in [-0.1, -0.05) is 24.3 Å². The maximum absolute atomic E-state index is 15.3. The molecule has 0 saturated carbocycles. The van der Waals surface area contributed by atoms with E-state index in [9.17, 15) is 0 Å². The van der Waals surface area contributed by atoms with E-state index in [2.05, 4.69) is 35.2 Å². The summed E-state index contributed by atoms with van der Waals surface area (Å²) in [5, 5.41) is 2.27. The Labute approximate surface area is 174 Å². The normalized spacial score (nSPS) is 16.6. The zero-order valence-corrected chi connectivity index (χ0v) is 17.2. The van der Waals surface area contributed by atoms with E-state index in [1.807, 2.05) is 45.3 Å². The van der Waals surface area contributed by atoms with Crippen LogP contribution in [-0.2, 0) is 0 Å². The smallest absolute Gasteiger partial charge is 0.390 e. The lowest BCUT2D eigenvalue weighted by Crippen LogP contribution is -2.49. The van der Waals surface area contributed by atoms with Crippen LogP contribution in [0.5, 0.6) is 0 Å². The van der Waals surface area contributed by atoms with E-state index in [0.29, 0.717) is 17.1 Å². The van der Waals surface area contributed by atoms with Crippen molar-refractivity contribution in [3.63, 3.8) is 0 Å². The molecule has 3 aromatic rings. The van der Waals surface area contributed by atoms with Gasteiger partial charge >= 0.3 is 6.97 Å². The lowest BCUT2D eigenvalue weighted by atomic mass is 9.91. The highest BCUT2D eigenvalue weighted by Crippen LogP contribution is 2.34. The molecule has 2 aliphatic heterocycles. The molecule has 0 N–H and O–H groups in total. The highest BCUT2D eigenvalue weighted by atomic mass is 19.2. The van der Waals surface area contributed by atoms with Crippen LogP contribution in [0.2, 0.25) is 0 Å². The van der Waals surface area contributed by atoms with Crippen LogP contribution in [0.15, 0.2) is 60.3 Å². The number of nitrogens with zero attached hydrogens (tertiary/aromatic N) is 3. The number of anilines is 1. The molecule has 0 radical (unpaired) electrons. The van der Waals surface area contributed by atoms with Crippen molar-refractivity contribution in [3.05, 3.63) is 82.8 Å². The van der Waals surface area contributed by atoms with E-state index in [4.69, 9.17) is 0 Å². The van der Waals surface area contributed by atoms with Crippen LogP contribution in [0.3, 0.4) is 0 Å². The maximum Gasteiger partial charge on any atom is 0.737 e. The standard InChI is InChI=1S/C24H22BF2N3/c1-17-13-23(30-24(17)16-22-5-4-12-29(22)25(30,26)27)10-7-18-6-8-20-15-21(28(2)3)11-9-19(20)14-18/h4-16H,1-3H3/b10-7+. The Bertz CT molecular complexity index is 1310. The summed E-state index contributed by atoms with van der Waals surface area (Å²) in [4.78, 5) is 2.07. The molecular weight excluding hydrogens is 379 g/mol. The molecule has 0 amide bonds. The van der Waals surface area contributed by atoms with Crippen LogP contribution in [0.25, 0.3) is 29.0 Å². The van der Waals surface area contributed by atoms with Crippen LogP contribution >= 0.6 is 0 Å². The third-order valence-corrected chi connectivity index (χ3v) is 5.86. The molecule has 0 saturated heterocycles. The Hall–Kier alpha value is -3.41. The number of rotatable bonds is 3. The molecule has 5 rings (SSSR count). The number of allylic oxidation sites excluding steroid dienone is 2. The van der Waals surface area contributed by atoms with Gasteiger partial charge in [-0.2, -0.15) is 0 Å². The van der Waals surface area contributed by atoms with Crippen molar-refractivity contribution in [1.29, 1.82) is 0 Å². The van der Waals surface area contributed by atoms with Crippen molar-refractivity contribution in [1.82, 2.24) is 4.48 Å². The minimum absolute atomic E-state index is 0.506. The summed E-state index contributed by atoms with van der Waals surface area (Å²) in [5.41, 5.74) is 4.58. The lowest BCUT2D eigenvalue weighted by molar-refractivity contribution is -0.355. The van der Waals surface area contributed by atoms with Crippen LogP contribution in [0.4, 0.5) is 14.3 Å². The maximum atomic E-state index is 15.3. The summed E-state index contributed by atoms with van der Waals surface area (Å²) in [6, 6.07) is 14.3. The Kier molecular flexibility index (Phi) is 4.07. The van der Waals surface area contributed by atoms with Crippen molar-refractivity contribution in [2.75, 3.05) is 19.0 Å². The molecular formula is C24H22BF2N3. The first-order valence-corrected chi connectivity index (χ1v) is 10.00. The monoisotopic (exact) mass is 401 g/mol. The number of fused-ring (bicyclic) bond motifs is 3. The van der Waals surface area contributed by atoms with Gasteiger partial charge in [-0.15, -0.1) is 0 Å². The second-order valence-corrected chi connectivity index (χ2v) is 8.10. The largest absolute Gasteiger partial charge is 0.737 e. The Morgan fingerprint density at radius 1 is 1.00 bits per heavy atom. The van der Waals surface area contributed by atoms with E-state index >= 15 is 8.63 Å². The van der Waals surface area contributed by atoms with Crippen molar-refractivity contribution >= 4 is 47.9 Å². The van der Waals surface area contributed by atoms with Gasteiger partial charge in [-0.25, -0.2) is 0 Å². The molecule has 30 heavy (non-hydrogen) atoms. The summed E-state index contributed by atoms with van der Waals surface area (Å²) >= 11 is 0. The molecule has 3 nitrogen and oxygen atoms in total. The molecule has 6 heteroatoms. The molecule has 0 unspecified atom stereocenters. The van der Waals surface area contributed by atoms with Crippen LogP contribution < -0.4 is 4.90 Å². The zero-order chi connectivity index (χ0) is 21.0. The van der Waals surface area contributed by atoms with Gasteiger partial charge in [0.15, 0.2) is 5.70 Å². The van der Waals surface area contributed by atoms with E-state index in [1.165, 1.54) is 10.7 Å². The molecule has 1 aromatic heterocycles. The third kappa shape index (κ3) is 2.83. The van der Waals surface area contributed by atoms with Gasteiger partial charge in [0.2, 0.25) is 0 Å². The molecule has 2 aliphatic rings. The molecule has 0 aliphatic carbocycles. The molecule has 0 atom stereocenters. The van der Waals surface area contributed by atoms with Gasteiger partial charge in [-0.3, -0.25) is 0 Å².